The summed E-state index contributed by atoms with van der Waals surface area (Å²) in [5.74, 6) is 5.74. The van der Waals surface area contributed by atoms with Gasteiger partial charge in [0.25, 0.3) is 0 Å². The Balaban J connectivity index is 0.000000840. The summed E-state index contributed by atoms with van der Waals surface area (Å²) in [4.78, 5) is 21.3. The summed E-state index contributed by atoms with van der Waals surface area (Å²) in [6.45, 7) is 11.8. The number of methoxy groups -OCH3 is 1. The van der Waals surface area contributed by atoms with Crippen molar-refractivity contribution in [3.8, 4) is 0 Å². The minimum atomic E-state index is -0.269. The van der Waals surface area contributed by atoms with Gasteiger partial charge in [0.2, 0.25) is 0 Å². The number of aliphatic hydroxyl groups excluding tert-OH is 1. The molecule has 3 fully saturated rings. The SMILES string of the molecule is C=C(C)C(=O)OCC(COC)C1CCC(CCC2CCC3CC(CCCCC)CCC3C2)CC1.C=C(C=O)CO. The highest BCUT2D eigenvalue weighted by atomic mass is 16.5. The molecule has 5 atom stereocenters. The van der Waals surface area contributed by atoms with Crippen LogP contribution in [0.3, 0.4) is 0 Å². The molecule has 3 aliphatic carbocycles. The Kier molecular flexibility index (Phi) is 17.0. The molecule has 0 aromatic carbocycles. The lowest BCUT2D eigenvalue weighted by molar-refractivity contribution is -0.141. The average molecular weight is 561 g/mol. The number of unbranched alkanes of at least 4 members (excludes halogenated alkanes) is 2. The molecule has 0 heterocycles. The van der Waals surface area contributed by atoms with E-state index in [2.05, 4.69) is 20.1 Å². The molecule has 0 radical (unpaired) electrons. The molecule has 0 bridgehead atoms. The summed E-state index contributed by atoms with van der Waals surface area (Å²) in [5, 5.41) is 8.00. The van der Waals surface area contributed by atoms with Crippen LogP contribution in [0.5, 0.6) is 0 Å². The van der Waals surface area contributed by atoms with Crippen LogP contribution >= 0.6 is 0 Å². The molecule has 5 heteroatoms. The monoisotopic (exact) mass is 560 g/mol. The van der Waals surface area contributed by atoms with Crippen molar-refractivity contribution in [1.82, 2.24) is 0 Å². The van der Waals surface area contributed by atoms with Gasteiger partial charge in [0, 0.05) is 24.2 Å². The van der Waals surface area contributed by atoms with Crippen LogP contribution in [0.1, 0.15) is 117 Å². The van der Waals surface area contributed by atoms with E-state index in [9.17, 15) is 9.59 Å². The Labute approximate surface area is 245 Å². The minimum Gasteiger partial charge on any atom is -0.462 e. The first-order chi connectivity index (χ1) is 19.3. The smallest absolute Gasteiger partial charge is 0.333 e. The van der Waals surface area contributed by atoms with Crippen LogP contribution < -0.4 is 0 Å². The van der Waals surface area contributed by atoms with Gasteiger partial charge in [-0.2, -0.15) is 0 Å². The lowest BCUT2D eigenvalue weighted by atomic mass is 9.63. The fourth-order valence-corrected chi connectivity index (χ4v) is 7.59. The van der Waals surface area contributed by atoms with E-state index in [0.29, 0.717) is 36.9 Å². The number of aldehydes is 1. The molecule has 0 aromatic rings. The number of ether oxygens (including phenoxy) is 2. The van der Waals surface area contributed by atoms with Gasteiger partial charge < -0.3 is 14.6 Å². The Morgan fingerprint density at radius 2 is 1.45 bits per heavy atom. The highest BCUT2D eigenvalue weighted by molar-refractivity contribution is 5.86. The van der Waals surface area contributed by atoms with E-state index < -0.39 is 0 Å². The molecular weight excluding hydrogens is 500 g/mol. The van der Waals surface area contributed by atoms with E-state index in [1.165, 1.54) is 96.3 Å². The van der Waals surface area contributed by atoms with E-state index in [0.717, 1.165) is 29.6 Å². The zero-order valence-corrected chi connectivity index (χ0v) is 26.0. The second-order valence-corrected chi connectivity index (χ2v) is 13.3. The van der Waals surface area contributed by atoms with Crippen LogP contribution in [0, 0.1) is 41.4 Å². The zero-order valence-electron chi connectivity index (χ0n) is 26.0. The molecule has 0 aliphatic heterocycles. The van der Waals surface area contributed by atoms with E-state index in [4.69, 9.17) is 14.6 Å². The summed E-state index contributed by atoms with van der Waals surface area (Å²) in [7, 11) is 1.76. The van der Waals surface area contributed by atoms with Gasteiger partial charge in [-0.25, -0.2) is 4.79 Å². The molecule has 5 unspecified atom stereocenters. The standard InChI is InChI=1S/C31H54O3.C4H6O2/c1-5-6-7-8-25-13-17-29-20-26(14-18-28(29)19-25)10-9-24-11-15-27(16-12-24)30(21-33-4)22-34-31(32)23(2)3;1-4(2-5)3-6/h24-30H,2,5-22H2,1,3-4H3;2,6H,1,3H2. The number of fused-ring (bicyclic) bond motifs is 1. The first-order valence-electron chi connectivity index (χ1n) is 16.4. The highest BCUT2D eigenvalue weighted by Crippen LogP contribution is 2.47. The molecule has 5 nitrogen and oxygen atoms in total. The maximum atomic E-state index is 11.8. The third-order valence-electron chi connectivity index (χ3n) is 10.1. The van der Waals surface area contributed by atoms with Crippen molar-refractivity contribution in [3.05, 3.63) is 24.3 Å². The quantitative estimate of drug-likeness (QED) is 0.0948. The Morgan fingerprint density at radius 1 is 0.875 bits per heavy atom. The van der Waals surface area contributed by atoms with Gasteiger partial charge in [0.15, 0.2) is 0 Å². The summed E-state index contributed by atoms with van der Waals surface area (Å²) in [5.41, 5.74) is 0.698. The van der Waals surface area contributed by atoms with Crippen LogP contribution in [0.25, 0.3) is 0 Å². The number of rotatable bonds is 15. The van der Waals surface area contributed by atoms with E-state index in [1.807, 2.05) is 0 Å². The zero-order chi connectivity index (χ0) is 29.3. The van der Waals surface area contributed by atoms with Gasteiger partial charge in [0.1, 0.15) is 6.29 Å². The van der Waals surface area contributed by atoms with Gasteiger partial charge >= 0.3 is 5.97 Å². The molecule has 3 rings (SSSR count). The molecule has 0 aromatic heterocycles. The minimum absolute atomic E-state index is 0.218. The van der Waals surface area contributed by atoms with Crippen LogP contribution in [0.15, 0.2) is 24.3 Å². The summed E-state index contributed by atoms with van der Waals surface area (Å²) in [6, 6.07) is 0. The molecule has 0 spiro atoms. The number of esters is 1. The number of aliphatic hydroxyl groups is 1. The predicted molar refractivity (Wildman–Crippen MR) is 164 cm³/mol. The number of carbonyl (C=O) groups is 2. The molecule has 1 N–H and O–H groups in total. The maximum absolute atomic E-state index is 11.8. The Morgan fingerprint density at radius 3 is 1.95 bits per heavy atom. The first-order valence-corrected chi connectivity index (χ1v) is 16.4. The molecule has 0 saturated heterocycles. The average Bonchev–Trinajstić information content (AvgIpc) is 2.98. The second kappa shape index (κ2) is 19.6. The molecule has 230 valence electrons. The van der Waals surface area contributed by atoms with Crippen molar-refractivity contribution in [2.75, 3.05) is 26.9 Å². The summed E-state index contributed by atoms with van der Waals surface area (Å²) < 4.78 is 10.9. The predicted octanol–water partition coefficient (Wildman–Crippen LogP) is 8.10. The van der Waals surface area contributed by atoms with Gasteiger partial charge in [-0.3, -0.25) is 4.79 Å². The third-order valence-corrected chi connectivity index (χ3v) is 10.1. The van der Waals surface area contributed by atoms with Crippen LogP contribution in [0.4, 0.5) is 0 Å². The van der Waals surface area contributed by atoms with E-state index in [1.54, 1.807) is 20.5 Å². The fourth-order valence-electron chi connectivity index (χ4n) is 7.59. The number of hydrogen-bond acceptors (Lipinski definition) is 5. The second-order valence-electron chi connectivity index (χ2n) is 13.3. The van der Waals surface area contributed by atoms with Crippen molar-refractivity contribution < 1.29 is 24.2 Å². The largest absolute Gasteiger partial charge is 0.462 e. The van der Waals surface area contributed by atoms with Gasteiger partial charge in [-0.1, -0.05) is 84.3 Å². The lowest BCUT2D eigenvalue weighted by Gasteiger charge is -2.43. The summed E-state index contributed by atoms with van der Waals surface area (Å²) in [6.07, 6.45) is 23.6. The van der Waals surface area contributed by atoms with Crippen molar-refractivity contribution >= 4 is 12.3 Å². The number of carbonyl (C=O) groups excluding carboxylic acids is 2. The Bertz CT molecular complexity index is 753. The van der Waals surface area contributed by atoms with Gasteiger partial charge in [-0.05, 0) is 81.0 Å². The first kappa shape index (κ1) is 34.7. The Hall–Kier alpha value is -1.46. The highest BCUT2D eigenvalue weighted by Gasteiger charge is 2.36. The fraction of sp³-hybridized carbons (Fsp3) is 0.829. The van der Waals surface area contributed by atoms with E-state index in [-0.39, 0.29) is 18.1 Å². The van der Waals surface area contributed by atoms with Crippen LogP contribution in [-0.2, 0) is 19.1 Å². The van der Waals surface area contributed by atoms with Crippen molar-refractivity contribution in [1.29, 1.82) is 0 Å². The lowest BCUT2D eigenvalue weighted by Crippen LogP contribution is -2.31. The molecule has 3 saturated carbocycles. The topological polar surface area (TPSA) is 72.8 Å². The van der Waals surface area contributed by atoms with Crippen molar-refractivity contribution in [3.63, 3.8) is 0 Å². The molecule has 3 aliphatic rings. The molecule has 40 heavy (non-hydrogen) atoms. The number of hydrogen-bond donors (Lipinski definition) is 1. The summed E-state index contributed by atoms with van der Waals surface area (Å²) >= 11 is 0. The van der Waals surface area contributed by atoms with Crippen LogP contribution in [0.2, 0.25) is 0 Å². The molecular formula is C35H60O5. The van der Waals surface area contributed by atoms with Gasteiger partial charge in [-0.15, -0.1) is 0 Å². The normalized spacial score (nSPS) is 28.8. The maximum Gasteiger partial charge on any atom is 0.333 e. The molecule has 0 amide bonds. The van der Waals surface area contributed by atoms with Crippen molar-refractivity contribution in [2.24, 2.45) is 41.4 Å². The van der Waals surface area contributed by atoms with Crippen LogP contribution in [-0.4, -0.2) is 44.3 Å². The van der Waals surface area contributed by atoms with Gasteiger partial charge in [0.05, 0.1) is 19.8 Å². The third kappa shape index (κ3) is 12.6. The van der Waals surface area contributed by atoms with E-state index >= 15 is 0 Å². The van der Waals surface area contributed by atoms with Crippen molar-refractivity contribution in [2.45, 2.75) is 117 Å².